The fraction of sp³-hybridized carbons (Fsp3) is 0.0833. The zero-order valence-electron chi connectivity index (χ0n) is 20.2. The average Bonchev–Trinajstić information content (AvgIpc) is 3.37. The summed E-state index contributed by atoms with van der Waals surface area (Å²) in [7, 11) is -2.76. The van der Waals surface area contributed by atoms with Gasteiger partial charge in [-0.05, 0) is 42.8 Å². The van der Waals surface area contributed by atoms with Gasteiger partial charge < -0.3 is 9.47 Å². The maximum Gasteiger partial charge on any atom is 0.439 e. The molecule has 4 heterocycles. The molecule has 0 atom stereocenters. The maximum absolute atomic E-state index is 13.2. The van der Waals surface area contributed by atoms with Crippen molar-refractivity contribution in [2.45, 2.75) is 11.9 Å². The van der Waals surface area contributed by atoms with Crippen molar-refractivity contribution in [2.75, 3.05) is 11.8 Å². The van der Waals surface area contributed by atoms with Gasteiger partial charge in [-0.1, -0.05) is 35.0 Å². The second-order valence-electron chi connectivity index (χ2n) is 7.92. The highest BCUT2D eigenvalue weighted by Gasteiger charge is 2.24. The highest BCUT2D eigenvalue weighted by atomic mass is 35.5. The van der Waals surface area contributed by atoms with Crippen LogP contribution in [0.4, 0.5) is 5.82 Å². The third-order valence-electron chi connectivity index (χ3n) is 5.20. The van der Waals surface area contributed by atoms with E-state index >= 15 is 0 Å². The standard InChI is InChI=1S/C24H18ClN7O6S/c1-13-7-8-18(27-12-13)39(34,35)32-23-19(37-17-6-4-3-5-16(17)36-2)20(25)28-21(29-23)14-9-10-26-15(11-14)22-30-24(33)38-31-22/h3-12H,1-2H3,(H,28,29,32)(H,30,31,33). The van der Waals surface area contributed by atoms with Crippen LogP contribution in [-0.4, -0.2) is 45.6 Å². The molecule has 1 aromatic carbocycles. The van der Waals surface area contributed by atoms with Crippen molar-refractivity contribution in [3.8, 4) is 40.2 Å². The molecule has 5 rings (SSSR count). The number of aryl methyl sites for hydroxylation is 1. The molecule has 0 bridgehead atoms. The monoisotopic (exact) mass is 567 g/mol. The van der Waals surface area contributed by atoms with Crippen LogP contribution in [0.1, 0.15) is 5.56 Å². The van der Waals surface area contributed by atoms with E-state index in [9.17, 15) is 13.2 Å². The second kappa shape index (κ2) is 10.5. The summed E-state index contributed by atoms with van der Waals surface area (Å²) in [4.78, 5) is 30.6. The highest BCUT2D eigenvalue weighted by Crippen LogP contribution is 2.40. The van der Waals surface area contributed by atoms with E-state index in [4.69, 9.17) is 21.1 Å². The molecule has 0 unspecified atom stereocenters. The van der Waals surface area contributed by atoms with Crippen LogP contribution < -0.4 is 20.0 Å². The van der Waals surface area contributed by atoms with Gasteiger partial charge in [0.15, 0.2) is 33.3 Å². The number of H-pyrrole nitrogens is 1. The lowest BCUT2D eigenvalue weighted by Crippen LogP contribution is -2.17. The topological polar surface area (TPSA) is 175 Å². The van der Waals surface area contributed by atoms with Crippen molar-refractivity contribution in [1.29, 1.82) is 0 Å². The predicted octanol–water partition coefficient (Wildman–Crippen LogP) is 3.84. The quantitative estimate of drug-likeness (QED) is 0.260. The minimum Gasteiger partial charge on any atom is -0.493 e. The van der Waals surface area contributed by atoms with Gasteiger partial charge in [0, 0.05) is 18.0 Å². The number of pyridine rings is 2. The predicted molar refractivity (Wildman–Crippen MR) is 139 cm³/mol. The summed E-state index contributed by atoms with van der Waals surface area (Å²) < 4.78 is 44.6. The molecule has 0 aliphatic heterocycles. The number of ether oxygens (including phenoxy) is 2. The molecule has 0 saturated carbocycles. The van der Waals surface area contributed by atoms with Crippen LogP contribution in [0.2, 0.25) is 5.15 Å². The SMILES string of the molecule is COc1ccccc1Oc1c(Cl)nc(-c2ccnc(-c3noc(=O)[nH]3)c2)nc1NS(=O)(=O)c1ccc(C)cn1. The molecule has 13 nitrogen and oxygen atoms in total. The molecule has 0 aliphatic rings. The Balaban J connectivity index is 1.62. The van der Waals surface area contributed by atoms with E-state index in [1.807, 2.05) is 0 Å². The Kier molecular flexibility index (Phi) is 6.96. The van der Waals surface area contributed by atoms with E-state index in [1.165, 1.54) is 31.6 Å². The molecule has 0 radical (unpaired) electrons. The van der Waals surface area contributed by atoms with Crippen LogP contribution >= 0.6 is 11.6 Å². The summed E-state index contributed by atoms with van der Waals surface area (Å²) in [6, 6.07) is 12.8. The van der Waals surface area contributed by atoms with Gasteiger partial charge in [-0.15, -0.1) is 0 Å². The number of anilines is 1. The minimum atomic E-state index is -4.22. The van der Waals surface area contributed by atoms with Gasteiger partial charge in [0.25, 0.3) is 10.0 Å². The van der Waals surface area contributed by atoms with Crippen LogP contribution in [0.25, 0.3) is 22.9 Å². The number of aromatic amines is 1. The van der Waals surface area contributed by atoms with Crippen LogP contribution in [0, 0.1) is 6.92 Å². The number of sulfonamides is 1. The molecule has 5 aromatic rings. The molecule has 0 aliphatic carbocycles. The molecule has 15 heteroatoms. The Labute approximate surface area is 225 Å². The fourth-order valence-corrected chi connectivity index (χ4v) is 4.50. The summed E-state index contributed by atoms with van der Waals surface area (Å²) in [5, 5.41) is 3.18. The third kappa shape index (κ3) is 5.56. The van der Waals surface area contributed by atoms with Crippen LogP contribution in [-0.2, 0) is 10.0 Å². The largest absolute Gasteiger partial charge is 0.493 e. The lowest BCUT2D eigenvalue weighted by Gasteiger charge is -2.16. The number of methoxy groups -OCH3 is 1. The summed E-state index contributed by atoms with van der Waals surface area (Å²) >= 11 is 6.53. The highest BCUT2D eigenvalue weighted by molar-refractivity contribution is 7.92. The third-order valence-corrected chi connectivity index (χ3v) is 6.71. The van der Waals surface area contributed by atoms with E-state index in [0.29, 0.717) is 11.3 Å². The number of nitrogens with one attached hydrogen (secondary N) is 2. The molecule has 0 amide bonds. The molecule has 0 saturated heterocycles. The summed E-state index contributed by atoms with van der Waals surface area (Å²) in [5.74, 6) is -0.467. The smallest absolute Gasteiger partial charge is 0.439 e. The van der Waals surface area contributed by atoms with Crippen LogP contribution in [0.3, 0.4) is 0 Å². The van der Waals surface area contributed by atoms with Crippen molar-refractivity contribution in [3.05, 3.63) is 82.2 Å². The molecular formula is C24H18ClN7O6S. The fourth-order valence-electron chi connectivity index (χ4n) is 3.36. The van der Waals surface area contributed by atoms with E-state index in [2.05, 4.69) is 39.3 Å². The second-order valence-corrected chi connectivity index (χ2v) is 9.91. The van der Waals surface area contributed by atoms with Crippen molar-refractivity contribution >= 4 is 27.4 Å². The number of nitrogens with zero attached hydrogens (tertiary/aromatic N) is 5. The summed E-state index contributed by atoms with van der Waals surface area (Å²) in [5.41, 5.74) is 1.41. The van der Waals surface area contributed by atoms with Crippen molar-refractivity contribution in [1.82, 2.24) is 30.1 Å². The number of hydrogen-bond acceptors (Lipinski definition) is 11. The van der Waals surface area contributed by atoms with Gasteiger partial charge in [-0.3, -0.25) is 19.2 Å². The lowest BCUT2D eigenvalue weighted by atomic mass is 10.2. The number of hydrogen-bond donors (Lipinski definition) is 2. The van der Waals surface area contributed by atoms with E-state index in [1.54, 1.807) is 43.3 Å². The first-order valence-electron chi connectivity index (χ1n) is 11.1. The maximum atomic E-state index is 13.2. The average molecular weight is 568 g/mol. The zero-order valence-corrected chi connectivity index (χ0v) is 21.8. The number of rotatable bonds is 8. The van der Waals surface area contributed by atoms with E-state index in [0.717, 1.165) is 5.56 Å². The normalized spacial score (nSPS) is 11.3. The zero-order chi connectivity index (χ0) is 27.6. The summed E-state index contributed by atoms with van der Waals surface area (Å²) in [6.45, 7) is 1.78. The van der Waals surface area contributed by atoms with Gasteiger partial charge >= 0.3 is 5.76 Å². The molecule has 0 fully saturated rings. The Morgan fingerprint density at radius 1 is 1.05 bits per heavy atom. The number of halogens is 1. The summed E-state index contributed by atoms with van der Waals surface area (Å²) in [6.07, 6.45) is 2.85. The van der Waals surface area contributed by atoms with Gasteiger partial charge in [0.1, 0.15) is 5.69 Å². The van der Waals surface area contributed by atoms with Crippen molar-refractivity contribution in [2.24, 2.45) is 0 Å². The van der Waals surface area contributed by atoms with Crippen LogP contribution in [0.15, 0.2) is 75.3 Å². The molecule has 0 spiro atoms. The van der Waals surface area contributed by atoms with E-state index < -0.39 is 15.8 Å². The Morgan fingerprint density at radius 2 is 1.85 bits per heavy atom. The Morgan fingerprint density at radius 3 is 2.54 bits per heavy atom. The number of benzene rings is 1. The number of para-hydroxylation sites is 2. The molecule has 39 heavy (non-hydrogen) atoms. The van der Waals surface area contributed by atoms with Gasteiger partial charge in [0.2, 0.25) is 11.6 Å². The van der Waals surface area contributed by atoms with Gasteiger partial charge in [-0.2, -0.15) is 8.42 Å². The molecular weight excluding hydrogens is 550 g/mol. The number of aromatic nitrogens is 6. The first-order chi connectivity index (χ1) is 18.7. The molecule has 2 N–H and O–H groups in total. The van der Waals surface area contributed by atoms with E-state index in [-0.39, 0.29) is 44.8 Å². The van der Waals surface area contributed by atoms with Gasteiger partial charge in [0.05, 0.1) is 7.11 Å². The first-order valence-corrected chi connectivity index (χ1v) is 13.0. The minimum absolute atomic E-state index is 0.0245. The van der Waals surface area contributed by atoms with Crippen LogP contribution in [0.5, 0.6) is 17.2 Å². The van der Waals surface area contributed by atoms with Gasteiger partial charge in [-0.25, -0.2) is 19.7 Å². The lowest BCUT2D eigenvalue weighted by molar-refractivity contribution is 0.378. The Bertz CT molecular complexity index is 1820. The van der Waals surface area contributed by atoms with Crippen molar-refractivity contribution < 1.29 is 22.4 Å². The molecule has 198 valence electrons. The van der Waals surface area contributed by atoms with Crippen molar-refractivity contribution in [3.63, 3.8) is 0 Å². The molecule has 4 aromatic heterocycles. The Hall–Kier alpha value is -4.82. The first kappa shape index (κ1) is 25.8.